The monoisotopic (exact) mass is 261 g/mol. The molecule has 0 unspecified atom stereocenters. The molecule has 1 N–H and O–H groups in total. The van der Waals surface area contributed by atoms with E-state index in [0.29, 0.717) is 5.56 Å². The van der Waals surface area contributed by atoms with E-state index in [1.165, 1.54) is 16.9 Å². The number of rotatable bonds is 3. The molecule has 0 bridgehead atoms. The van der Waals surface area contributed by atoms with Gasteiger partial charge in [0.05, 0.1) is 4.92 Å². The Labute approximate surface area is 108 Å². The molecule has 1 heterocycles. The first-order valence-corrected chi connectivity index (χ1v) is 5.45. The smallest absolute Gasteiger partial charge is 0.356 e. The molecule has 0 atom stereocenters. The third-order valence-corrected chi connectivity index (χ3v) is 2.67. The summed E-state index contributed by atoms with van der Waals surface area (Å²) in [5.41, 5.74) is 1.21. The molecule has 1 aromatic heterocycles. The van der Waals surface area contributed by atoms with Crippen molar-refractivity contribution in [3.63, 3.8) is 0 Å². The maximum absolute atomic E-state index is 11.0. The molecule has 0 radical (unpaired) electrons. The molecular formula is C12H11N3O4. The SMILES string of the molecule is Cc1ccc(-n2cc(C)c(C(=O)O)n2)c([N+](=O)[O-])c1. The maximum atomic E-state index is 11.0. The van der Waals surface area contributed by atoms with Gasteiger partial charge in [-0.25, -0.2) is 9.48 Å². The van der Waals surface area contributed by atoms with Crippen LogP contribution in [-0.2, 0) is 0 Å². The van der Waals surface area contributed by atoms with E-state index in [2.05, 4.69) is 5.10 Å². The topological polar surface area (TPSA) is 98.3 Å². The fourth-order valence-electron chi connectivity index (χ4n) is 1.77. The highest BCUT2D eigenvalue weighted by Gasteiger charge is 2.19. The number of aromatic carboxylic acids is 1. The van der Waals surface area contributed by atoms with Gasteiger partial charge in [0, 0.05) is 17.8 Å². The Kier molecular flexibility index (Phi) is 3.04. The first kappa shape index (κ1) is 12.7. The summed E-state index contributed by atoms with van der Waals surface area (Å²) >= 11 is 0. The van der Waals surface area contributed by atoms with Crippen LogP contribution in [0.4, 0.5) is 5.69 Å². The molecule has 0 aliphatic carbocycles. The first-order valence-electron chi connectivity index (χ1n) is 5.45. The van der Waals surface area contributed by atoms with Gasteiger partial charge < -0.3 is 5.11 Å². The number of carbonyl (C=O) groups is 1. The number of hydrogen-bond donors (Lipinski definition) is 1. The number of carboxylic acids is 1. The van der Waals surface area contributed by atoms with Crippen molar-refractivity contribution in [3.8, 4) is 5.69 Å². The van der Waals surface area contributed by atoms with Gasteiger partial charge in [-0.15, -0.1) is 0 Å². The van der Waals surface area contributed by atoms with E-state index in [9.17, 15) is 14.9 Å². The molecule has 19 heavy (non-hydrogen) atoms. The van der Waals surface area contributed by atoms with Crippen LogP contribution in [0, 0.1) is 24.0 Å². The van der Waals surface area contributed by atoms with Crippen LogP contribution in [0.5, 0.6) is 0 Å². The maximum Gasteiger partial charge on any atom is 0.356 e. The van der Waals surface area contributed by atoms with E-state index in [0.717, 1.165) is 5.56 Å². The Hall–Kier alpha value is -2.70. The van der Waals surface area contributed by atoms with Gasteiger partial charge in [0.1, 0.15) is 5.69 Å². The van der Waals surface area contributed by atoms with Crippen molar-refractivity contribution < 1.29 is 14.8 Å². The molecule has 2 aromatic rings. The van der Waals surface area contributed by atoms with E-state index in [4.69, 9.17) is 5.11 Å². The molecule has 0 saturated heterocycles. The van der Waals surface area contributed by atoms with Crippen molar-refractivity contribution in [2.75, 3.05) is 0 Å². The molecule has 98 valence electrons. The number of aryl methyl sites for hydroxylation is 2. The van der Waals surface area contributed by atoms with Crippen molar-refractivity contribution in [1.82, 2.24) is 9.78 Å². The van der Waals surface area contributed by atoms with Crippen LogP contribution in [0.1, 0.15) is 21.6 Å². The van der Waals surface area contributed by atoms with Crippen molar-refractivity contribution in [3.05, 3.63) is 51.3 Å². The molecule has 0 aliphatic rings. The zero-order chi connectivity index (χ0) is 14.2. The molecule has 0 saturated carbocycles. The van der Waals surface area contributed by atoms with Crippen LogP contribution in [0.2, 0.25) is 0 Å². The van der Waals surface area contributed by atoms with Crippen LogP contribution in [0.15, 0.2) is 24.4 Å². The minimum atomic E-state index is -1.16. The fourth-order valence-corrected chi connectivity index (χ4v) is 1.77. The highest BCUT2D eigenvalue weighted by molar-refractivity contribution is 5.87. The number of hydrogen-bond acceptors (Lipinski definition) is 4. The van der Waals surface area contributed by atoms with Crippen LogP contribution in [0.3, 0.4) is 0 Å². The molecule has 1 aromatic carbocycles. The fraction of sp³-hybridized carbons (Fsp3) is 0.167. The summed E-state index contributed by atoms with van der Waals surface area (Å²) in [6, 6.07) is 4.68. The van der Waals surface area contributed by atoms with Gasteiger partial charge in [-0.05, 0) is 25.5 Å². The second kappa shape index (κ2) is 4.52. The Morgan fingerprint density at radius 3 is 2.63 bits per heavy atom. The van der Waals surface area contributed by atoms with Gasteiger partial charge in [0.15, 0.2) is 5.69 Å². The Bertz CT molecular complexity index is 676. The average Bonchev–Trinajstić information content (AvgIpc) is 2.71. The Balaban J connectivity index is 2.62. The van der Waals surface area contributed by atoms with Crippen LogP contribution in [0.25, 0.3) is 5.69 Å². The number of nitro groups is 1. The zero-order valence-corrected chi connectivity index (χ0v) is 10.3. The van der Waals surface area contributed by atoms with E-state index in [1.54, 1.807) is 26.0 Å². The summed E-state index contributed by atoms with van der Waals surface area (Å²) in [5, 5.41) is 23.8. The van der Waals surface area contributed by atoms with Gasteiger partial charge in [-0.2, -0.15) is 5.10 Å². The molecule has 0 spiro atoms. The van der Waals surface area contributed by atoms with E-state index in [1.807, 2.05) is 0 Å². The van der Waals surface area contributed by atoms with Crippen molar-refractivity contribution in [1.29, 1.82) is 0 Å². The third-order valence-electron chi connectivity index (χ3n) is 2.67. The quantitative estimate of drug-likeness (QED) is 0.673. The lowest BCUT2D eigenvalue weighted by molar-refractivity contribution is -0.384. The van der Waals surface area contributed by atoms with Crippen molar-refractivity contribution in [2.24, 2.45) is 0 Å². The predicted molar refractivity (Wildman–Crippen MR) is 66.7 cm³/mol. The lowest BCUT2D eigenvalue weighted by Gasteiger charge is -2.03. The molecule has 7 nitrogen and oxygen atoms in total. The summed E-state index contributed by atoms with van der Waals surface area (Å²) in [4.78, 5) is 21.4. The summed E-state index contributed by atoms with van der Waals surface area (Å²) in [7, 11) is 0. The molecule has 0 amide bonds. The third kappa shape index (κ3) is 2.30. The normalized spacial score (nSPS) is 10.4. The van der Waals surface area contributed by atoms with E-state index >= 15 is 0 Å². The minimum Gasteiger partial charge on any atom is -0.476 e. The number of carboxylic acid groups (broad SMARTS) is 1. The highest BCUT2D eigenvalue weighted by atomic mass is 16.6. The molecule has 7 heteroatoms. The van der Waals surface area contributed by atoms with Crippen molar-refractivity contribution in [2.45, 2.75) is 13.8 Å². The Morgan fingerprint density at radius 2 is 2.11 bits per heavy atom. The number of aromatic nitrogens is 2. The first-order chi connectivity index (χ1) is 8.90. The number of nitro benzene ring substituents is 1. The van der Waals surface area contributed by atoms with Gasteiger partial charge in [-0.3, -0.25) is 10.1 Å². The summed E-state index contributed by atoms with van der Waals surface area (Å²) in [6.07, 6.45) is 1.46. The van der Waals surface area contributed by atoms with Crippen LogP contribution in [-0.4, -0.2) is 25.8 Å². The van der Waals surface area contributed by atoms with Crippen LogP contribution >= 0.6 is 0 Å². The molecule has 0 fully saturated rings. The van der Waals surface area contributed by atoms with Gasteiger partial charge >= 0.3 is 5.97 Å². The standard InChI is InChI=1S/C12H11N3O4/c1-7-3-4-9(10(5-7)15(18)19)14-6-8(2)11(13-14)12(16)17/h3-6H,1-2H3,(H,16,17). The predicted octanol–water partition coefficient (Wildman–Crippen LogP) is 2.10. The lowest BCUT2D eigenvalue weighted by Crippen LogP contribution is -2.04. The summed E-state index contributed by atoms with van der Waals surface area (Å²) in [6.45, 7) is 3.33. The number of benzene rings is 1. The second-order valence-electron chi connectivity index (χ2n) is 4.16. The second-order valence-corrected chi connectivity index (χ2v) is 4.16. The minimum absolute atomic E-state index is 0.112. The summed E-state index contributed by atoms with van der Waals surface area (Å²) in [5.74, 6) is -1.16. The summed E-state index contributed by atoms with van der Waals surface area (Å²) < 4.78 is 1.22. The van der Waals surface area contributed by atoms with Crippen LogP contribution < -0.4 is 0 Å². The number of nitrogens with zero attached hydrogens (tertiary/aromatic N) is 3. The van der Waals surface area contributed by atoms with Gasteiger partial charge in [0.25, 0.3) is 5.69 Å². The zero-order valence-electron chi connectivity index (χ0n) is 10.3. The molecule has 2 rings (SSSR count). The molecule has 0 aliphatic heterocycles. The van der Waals surface area contributed by atoms with Gasteiger partial charge in [-0.1, -0.05) is 6.07 Å². The average molecular weight is 261 g/mol. The van der Waals surface area contributed by atoms with Crippen molar-refractivity contribution >= 4 is 11.7 Å². The largest absolute Gasteiger partial charge is 0.476 e. The lowest BCUT2D eigenvalue weighted by atomic mass is 10.2. The highest BCUT2D eigenvalue weighted by Crippen LogP contribution is 2.24. The van der Waals surface area contributed by atoms with E-state index < -0.39 is 10.9 Å². The molecular weight excluding hydrogens is 250 g/mol. The Morgan fingerprint density at radius 1 is 1.42 bits per heavy atom. The van der Waals surface area contributed by atoms with Gasteiger partial charge in [0.2, 0.25) is 0 Å². The van der Waals surface area contributed by atoms with E-state index in [-0.39, 0.29) is 17.1 Å².